The normalized spacial score (nSPS) is 20.4. The molecule has 1 aromatic rings. The van der Waals surface area contributed by atoms with Crippen molar-refractivity contribution < 1.29 is 8.42 Å². The zero-order valence-corrected chi connectivity index (χ0v) is 14.0. The summed E-state index contributed by atoms with van der Waals surface area (Å²) >= 11 is 6.04. The van der Waals surface area contributed by atoms with E-state index >= 15 is 0 Å². The molecule has 1 atom stereocenters. The highest BCUT2D eigenvalue weighted by Crippen LogP contribution is 2.23. The summed E-state index contributed by atoms with van der Waals surface area (Å²) in [5.74, 6) is 0.363. The molecule has 0 aliphatic carbocycles. The van der Waals surface area contributed by atoms with Gasteiger partial charge in [-0.25, -0.2) is 0 Å². The summed E-state index contributed by atoms with van der Waals surface area (Å²) in [4.78, 5) is 0. The van der Waals surface area contributed by atoms with Crippen LogP contribution in [0.25, 0.3) is 0 Å². The van der Waals surface area contributed by atoms with E-state index in [0.717, 1.165) is 24.9 Å². The lowest BCUT2D eigenvalue weighted by atomic mass is 10.00. The Balaban J connectivity index is 2.08. The van der Waals surface area contributed by atoms with Crippen molar-refractivity contribution in [2.45, 2.75) is 19.8 Å². The van der Waals surface area contributed by atoms with Gasteiger partial charge in [0, 0.05) is 18.1 Å². The molecule has 0 aromatic heterocycles. The van der Waals surface area contributed by atoms with Crippen LogP contribution in [-0.2, 0) is 10.2 Å². The quantitative estimate of drug-likeness (QED) is 0.869. The number of nitrogens with zero attached hydrogens (tertiary/aromatic N) is 1. The Morgan fingerprint density at radius 1 is 1.43 bits per heavy atom. The Kier molecular flexibility index (Phi) is 5.48. The first-order valence-corrected chi connectivity index (χ1v) is 8.93. The van der Waals surface area contributed by atoms with Crippen molar-refractivity contribution in [3.63, 3.8) is 0 Å². The number of nitrogens with one attached hydrogen (secondary N) is 2. The lowest BCUT2D eigenvalue weighted by molar-refractivity contribution is 0.264. The summed E-state index contributed by atoms with van der Waals surface area (Å²) in [7, 11) is -1.63. The summed E-state index contributed by atoms with van der Waals surface area (Å²) in [6, 6.07) is 5.18. The molecule has 0 radical (unpaired) electrons. The van der Waals surface area contributed by atoms with E-state index in [0.29, 0.717) is 29.7 Å². The van der Waals surface area contributed by atoms with Gasteiger partial charge in [-0.1, -0.05) is 17.7 Å². The first kappa shape index (κ1) is 16.5. The average Bonchev–Trinajstić information content (AvgIpc) is 2.43. The van der Waals surface area contributed by atoms with Gasteiger partial charge in [0.25, 0.3) is 0 Å². The molecule has 118 valence electrons. The second-order valence-electron chi connectivity index (χ2n) is 5.50. The topological polar surface area (TPSA) is 61.4 Å². The Bertz CT molecular complexity index is 590. The van der Waals surface area contributed by atoms with Crippen molar-refractivity contribution in [3.8, 4) is 0 Å². The minimum Gasteiger partial charge on any atom is -0.319 e. The van der Waals surface area contributed by atoms with Gasteiger partial charge < -0.3 is 5.32 Å². The Morgan fingerprint density at radius 2 is 2.19 bits per heavy atom. The Morgan fingerprint density at radius 3 is 2.86 bits per heavy atom. The third-order valence-electron chi connectivity index (χ3n) is 3.73. The van der Waals surface area contributed by atoms with Gasteiger partial charge in [-0.2, -0.15) is 12.7 Å². The molecule has 0 bridgehead atoms. The van der Waals surface area contributed by atoms with Crippen molar-refractivity contribution in [1.82, 2.24) is 9.62 Å². The number of hydrogen-bond acceptors (Lipinski definition) is 3. The van der Waals surface area contributed by atoms with Crippen LogP contribution in [-0.4, -0.2) is 39.4 Å². The van der Waals surface area contributed by atoms with Crippen LogP contribution in [0, 0.1) is 12.8 Å². The maximum absolute atomic E-state index is 12.5. The number of aryl methyl sites for hydroxylation is 1. The van der Waals surface area contributed by atoms with E-state index in [1.807, 2.05) is 14.0 Å². The fourth-order valence-corrected chi connectivity index (χ4v) is 4.08. The van der Waals surface area contributed by atoms with Gasteiger partial charge in [0.2, 0.25) is 0 Å². The number of anilines is 1. The van der Waals surface area contributed by atoms with E-state index in [1.54, 1.807) is 18.2 Å². The smallest absolute Gasteiger partial charge is 0.301 e. The van der Waals surface area contributed by atoms with E-state index < -0.39 is 10.2 Å². The number of piperidine rings is 1. The molecule has 1 fully saturated rings. The number of halogens is 1. The SMILES string of the molecule is CNCC1CCCN(S(=O)(=O)Nc2ccc(C)c(Cl)c2)C1. The van der Waals surface area contributed by atoms with Crippen LogP contribution in [0.4, 0.5) is 5.69 Å². The minimum atomic E-state index is -3.52. The standard InChI is InChI=1S/C14H22ClN3O2S/c1-11-5-6-13(8-14(11)15)17-21(19,20)18-7-3-4-12(10-18)9-16-2/h5-6,8,12,16-17H,3-4,7,9-10H2,1-2H3. The van der Waals surface area contributed by atoms with Gasteiger partial charge in [-0.15, -0.1) is 0 Å². The molecule has 0 spiro atoms. The molecule has 1 aliphatic heterocycles. The predicted molar refractivity (Wildman–Crippen MR) is 87.0 cm³/mol. The van der Waals surface area contributed by atoms with E-state index in [2.05, 4.69) is 10.0 Å². The van der Waals surface area contributed by atoms with Crippen molar-refractivity contribution in [1.29, 1.82) is 0 Å². The third-order valence-corrected chi connectivity index (χ3v) is 5.65. The van der Waals surface area contributed by atoms with E-state index in [1.165, 1.54) is 4.31 Å². The Hall–Kier alpha value is -0.820. The van der Waals surface area contributed by atoms with Gasteiger partial charge in [-0.3, -0.25) is 4.72 Å². The van der Waals surface area contributed by atoms with Crippen molar-refractivity contribution in [2.24, 2.45) is 5.92 Å². The first-order chi connectivity index (χ1) is 9.92. The van der Waals surface area contributed by atoms with Gasteiger partial charge >= 0.3 is 10.2 Å². The molecule has 1 unspecified atom stereocenters. The molecule has 7 heteroatoms. The zero-order valence-electron chi connectivity index (χ0n) is 12.4. The van der Waals surface area contributed by atoms with Crippen LogP contribution < -0.4 is 10.0 Å². The number of rotatable bonds is 5. The summed E-state index contributed by atoms with van der Waals surface area (Å²) < 4.78 is 29.0. The summed E-state index contributed by atoms with van der Waals surface area (Å²) in [6.45, 7) is 3.83. The number of benzene rings is 1. The molecule has 1 aliphatic rings. The number of hydrogen-bond donors (Lipinski definition) is 2. The predicted octanol–water partition coefficient (Wildman–Crippen LogP) is 2.24. The summed E-state index contributed by atoms with van der Waals surface area (Å²) in [5, 5.41) is 3.67. The van der Waals surface area contributed by atoms with Crippen molar-refractivity contribution in [3.05, 3.63) is 28.8 Å². The molecule has 0 saturated carbocycles. The molecule has 5 nitrogen and oxygen atoms in total. The van der Waals surface area contributed by atoms with Gasteiger partial charge in [0.05, 0.1) is 5.69 Å². The van der Waals surface area contributed by atoms with E-state index in [9.17, 15) is 8.42 Å². The van der Waals surface area contributed by atoms with Gasteiger partial charge in [0.15, 0.2) is 0 Å². The molecule has 2 rings (SSSR count). The third kappa shape index (κ3) is 4.32. The molecular weight excluding hydrogens is 310 g/mol. The van der Waals surface area contributed by atoms with Gasteiger partial charge in [0.1, 0.15) is 0 Å². The average molecular weight is 332 g/mol. The Labute approximate surface area is 131 Å². The van der Waals surface area contributed by atoms with E-state index in [4.69, 9.17) is 11.6 Å². The highest BCUT2D eigenvalue weighted by atomic mass is 35.5. The zero-order chi connectivity index (χ0) is 15.5. The second kappa shape index (κ2) is 6.96. The maximum Gasteiger partial charge on any atom is 0.301 e. The lowest BCUT2D eigenvalue weighted by Crippen LogP contribution is -2.44. The van der Waals surface area contributed by atoms with Crippen LogP contribution in [0.2, 0.25) is 5.02 Å². The first-order valence-electron chi connectivity index (χ1n) is 7.11. The molecule has 0 amide bonds. The highest BCUT2D eigenvalue weighted by molar-refractivity contribution is 7.90. The maximum atomic E-state index is 12.5. The second-order valence-corrected chi connectivity index (χ2v) is 7.57. The highest BCUT2D eigenvalue weighted by Gasteiger charge is 2.28. The summed E-state index contributed by atoms with van der Waals surface area (Å²) in [5.41, 5.74) is 1.42. The van der Waals surface area contributed by atoms with Crippen molar-refractivity contribution >= 4 is 27.5 Å². The lowest BCUT2D eigenvalue weighted by Gasteiger charge is -2.31. The van der Waals surface area contributed by atoms with Crippen LogP contribution in [0.15, 0.2) is 18.2 Å². The molecule has 2 N–H and O–H groups in total. The van der Waals surface area contributed by atoms with Crippen LogP contribution in [0.3, 0.4) is 0 Å². The van der Waals surface area contributed by atoms with Crippen LogP contribution in [0.1, 0.15) is 18.4 Å². The monoisotopic (exact) mass is 331 g/mol. The molecular formula is C14H22ClN3O2S. The van der Waals surface area contributed by atoms with E-state index in [-0.39, 0.29) is 0 Å². The fourth-order valence-electron chi connectivity index (χ4n) is 2.57. The molecule has 1 heterocycles. The molecule has 1 saturated heterocycles. The summed E-state index contributed by atoms with van der Waals surface area (Å²) in [6.07, 6.45) is 1.95. The molecule has 1 aromatic carbocycles. The molecule has 21 heavy (non-hydrogen) atoms. The fraction of sp³-hybridized carbons (Fsp3) is 0.571. The largest absolute Gasteiger partial charge is 0.319 e. The minimum absolute atomic E-state index is 0.363. The van der Waals surface area contributed by atoms with Gasteiger partial charge in [-0.05, 0) is 57.0 Å². The van der Waals surface area contributed by atoms with Crippen LogP contribution >= 0.6 is 11.6 Å². The van der Waals surface area contributed by atoms with Crippen molar-refractivity contribution in [2.75, 3.05) is 31.4 Å². The van der Waals surface area contributed by atoms with Crippen LogP contribution in [0.5, 0.6) is 0 Å².